The average molecular weight is 1300 g/mol. The predicted molar refractivity (Wildman–Crippen MR) is 324 cm³/mol. The van der Waals surface area contributed by atoms with Gasteiger partial charge >= 0.3 is 0 Å². The molecule has 0 aromatic heterocycles. The number of ether oxygens (including phenoxy) is 12. The Kier molecular flexibility index (Phi) is 17.5. The minimum atomic E-state index is -0.873. The number of fused-ring (bicyclic) bond motifs is 8. The first-order chi connectivity index (χ1) is 44.1. The monoisotopic (exact) mass is 1300 g/mol. The predicted octanol–water partition coefficient (Wildman–Crippen LogP) is 10.5. The van der Waals surface area contributed by atoms with Crippen molar-refractivity contribution < 1.29 is 95.9 Å². The molecule has 4 spiro atoms. The number of nitrogens with zero attached hydrogens (tertiary/aromatic N) is 2. The summed E-state index contributed by atoms with van der Waals surface area (Å²) < 4.78 is 82.7. The van der Waals surface area contributed by atoms with Crippen LogP contribution >= 0.6 is 0 Å². The lowest BCUT2D eigenvalue weighted by atomic mass is 9.58. The van der Waals surface area contributed by atoms with Crippen LogP contribution in [0.1, 0.15) is 186 Å². The van der Waals surface area contributed by atoms with Crippen LogP contribution in [0.3, 0.4) is 0 Å². The Labute approximate surface area is 545 Å². The van der Waals surface area contributed by atoms with E-state index in [9.17, 15) is 0 Å². The van der Waals surface area contributed by atoms with E-state index in [0.717, 1.165) is 103 Å². The molecule has 32 atom stereocenters. The standard InChI is InChI=1S/C70H112N2O20/c1-39-13-17-51-43(5)55(77-59-67(51)47(39)21-25-63(9,81-59)85-89-67)73-35-31-71(32-36-74-56-44(6)52-18-14-40(2)48-22-26-64(10)82-60(78-56)68(48,52)90-86-64)29-30-72(33-37-75-57-45(7)53-19-15-41(3)49-23-27-65(11)83-61(79-57)69(49,53)91-87-65)34-38-76-58-46(8)54-20-16-42(4)50-24-28-66(12)84-62(80-58)70(50,54)92-88-66/h39-62H,13-38H2,1-12H3/t39-,40-,41-,42-,43-,44-,45-,46-,47+,48+,49+,50+,51+,52+,53+,54+,55?,56?,57?,58?,59-,60-,61-,62-,63?,64?,65?,66?,67-,68-,69-,70-/m1/s1. The quantitative estimate of drug-likeness (QED) is 0.111. The molecule has 8 bridgehead atoms. The maximum Gasteiger partial charge on any atom is 0.201 e. The summed E-state index contributed by atoms with van der Waals surface area (Å²) in [6.07, 6.45) is 11.1. The van der Waals surface area contributed by atoms with Crippen molar-refractivity contribution in [1.29, 1.82) is 0 Å². The van der Waals surface area contributed by atoms with Crippen molar-refractivity contribution in [2.45, 2.75) is 282 Å². The summed E-state index contributed by atoms with van der Waals surface area (Å²) >= 11 is 0. The molecule has 92 heavy (non-hydrogen) atoms. The average Bonchev–Trinajstić information content (AvgIpc) is 1.34. The minimum Gasteiger partial charge on any atom is -0.351 e. The van der Waals surface area contributed by atoms with E-state index >= 15 is 0 Å². The smallest absolute Gasteiger partial charge is 0.201 e. The lowest BCUT2D eigenvalue weighted by Crippen LogP contribution is -2.70. The van der Waals surface area contributed by atoms with Crippen LogP contribution in [0, 0.1) is 94.7 Å². The van der Waals surface area contributed by atoms with Crippen LogP contribution < -0.4 is 0 Å². The molecule has 0 aromatic carbocycles. The molecule has 16 aliphatic heterocycles. The number of rotatable bonds is 19. The lowest BCUT2D eigenvalue weighted by molar-refractivity contribution is -0.577. The number of hydrogen-bond acceptors (Lipinski definition) is 22. The molecule has 4 saturated carbocycles. The van der Waals surface area contributed by atoms with Gasteiger partial charge in [0.05, 0.1) is 26.4 Å². The lowest BCUT2D eigenvalue weighted by Gasteiger charge is -2.60. The minimum absolute atomic E-state index is 0.0484. The second kappa shape index (κ2) is 24.4. The topological polar surface area (TPSA) is 191 Å². The van der Waals surface area contributed by atoms with Crippen LogP contribution in [0.5, 0.6) is 0 Å². The molecule has 20 fully saturated rings. The Morgan fingerprint density at radius 1 is 0.283 bits per heavy atom. The third kappa shape index (κ3) is 10.5. The Morgan fingerprint density at radius 2 is 0.511 bits per heavy atom. The van der Waals surface area contributed by atoms with Crippen LogP contribution in [0.4, 0.5) is 0 Å². The maximum atomic E-state index is 6.96. The van der Waals surface area contributed by atoms with Crippen molar-refractivity contribution in [3.8, 4) is 0 Å². The molecule has 20 rings (SSSR count). The van der Waals surface area contributed by atoms with Crippen molar-refractivity contribution in [3.63, 3.8) is 0 Å². The van der Waals surface area contributed by atoms with Crippen molar-refractivity contribution in [3.05, 3.63) is 0 Å². The zero-order valence-corrected chi connectivity index (χ0v) is 57.3. The summed E-state index contributed by atoms with van der Waals surface area (Å²) in [5.74, 6) is 0.279. The molecular formula is C70H112N2O20. The Balaban J connectivity index is 0.634. The van der Waals surface area contributed by atoms with Gasteiger partial charge < -0.3 is 56.8 Å². The third-order valence-corrected chi connectivity index (χ3v) is 27.9. The molecule has 20 aliphatic rings. The van der Waals surface area contributed by atoms with Gasteiger partial charge in [-0.05, 0) is 152 Å². The maximum absolute atomic E-state index is 6.96. The first-order valence-corrected chi connectivity index (χ1v) is 36.8. The second-order valence-corrected chi connectivity index (χ2v) is 33.3. The highest BCUT2D eigenvalue weighted by Gasteiger charge is 2.74. The Morgan fingerprint density at radius 3 is 0.739 bits per heavy atom. The zero-order chi connectivity index (χ0) is 63.5. The SMILES string of the molecule is C[C@@H]1CC[C@H]2[C@@H](C)C(OCCN(CCOC3O[C@@H]4OC5(C)CC[C@H]6[C@H](C)CC[C@@H]([C@H]3C)[C@@]46OO5)CCN(CCOC3O[C@@H]4OC5(C)CC[C@H]6[C@H](C)CC[C@@H]([C@H]3C)[C@@]46OO5)CCOC3O[C@@H]4OC5(C)CC[C@H]6[C@H](C)CC[C@@H]([C@H]3C)[C@@]46OO5)O[C@@H]3OC4(C)CC[C@@H]1[C@]32OO4. The summed E-state index contributed by atoms with van der Waals surface area (Å²) in [5.41, 5.74) is -2.68. The highest BCUT2D eigenvalue weighted by atomic mass is 17.3. The molecule has 16 saturated heterocycles. The highest BCUT2D eigenvalue weighted by Crippen LogP contribution is 2.66. The molecule has 8 unspecified atom stereocenters. The first-order valence-electron chi connectivity index (χ1n) is 36.8. The van der Waals surface area contributed by atoms with Crippen LogP contribution in [-0.4, -0.2) is 171 Å². The summed E-state index contributed by atoms with van der Waals surface area (Å²) in [4.78, 5) is 55.6. The molecule has 22 heteroatoms. The Hall–Kier alpha value is -0.880. The fraction of sp³-hybridized carbons (Fsp3) is 1.00. The van der Waals surface area contributed by atoms with Gasteiger partial charge in [-0.15, -0.1) is 0 Å². The van der Waals surface area contributed by atoms with E-state index < -0.39 is 95.9 Å². The van der Waals surface area contributed by atoms with Crippen LogP contribution in [0.25, 0.3) is 0 Å². The number of hydrogen-bond donors (Lipinski definition) is 0. The van der Waals surface area contributed by atoms with Crippen LogP contribution in [-0.2, 0) is 95.9 Å². The van der Waals surface area contributed by atoms with Gasteiger partial charge in [0.15, 0.2) is 72.7 Å². The molecule has 4 aliphatic carbocycles. The van der Waals surface area contributed by atoms with E-state index in [2.05, 4.69) is 65.2 Å². The molecule has 0 aromatic rings. The largest absolute Gasteiger partial charge is 0.351 e. The summed E-state index contributed by atoms with van der Waals surface area (Å²) in [5, 5.41) is 0. The van der Waals surface area contributed by atoms with Gasteiger partial charge in [-0.25, -0.2) is 39.1 Å². The van der Waals surface area contributed by atoms with E-state index in [4.69, 9.17) is 95.9 Å². The van der Waals surface area contributed by atoms with Crippen molar-refractivity contribution >= 4 is 0 Å². The van der Waals surface area contributed by atoms with Gasteiger partial charge in [0.1, 0.15) is 0 Å². The van der Waals surface area contributed by atoms with E-state index in [-0.39, 0.29) is 71.0 Å². The van der Waals surface area contributed by atoms with Gasteiger partial charge in [-0.1, -0.05) is 55.4 Å². The Bertz CT molecular complexity index is 2300. The van der Waals surface area contributed by atoms with Gasteiger partial charge in [-0.2, -0.15) is 0 Å². The zero-order valence-electron chi connectivity index (χ0n) is 57.3. The van der Waals surface area contributed by atoms with E-state index in [1.54, 1.807) is 0 Å². The molecule has 0 radical (unpaired) electrons. The molecule has 0 amide bonds. The molecule has 0 N–H and O–H groups in total. The van der Waals surface area contributed by atoms with Gasteiger partial charge in [0, 0.05) is 112 Å². The van der Waals surface area contributed by atoms with Crippen molar-refractivity contribution in [1.82, 2.24) is 9.80 Å². The highest BCUT2D eigenvalue weighted by molar-refractivity contribution is 5.13. The molecule has 16 heterocycles. The van der Waals surface area contributed by atoms with E-state index in [0.29, 0.717) is 89.4 Å². The van der Waals surface area contributed by atoms with Gasteiger partial charge in [0.25, 0.3) is 0 Å². The fourth-order valence-electron chi connectivity index (χ4n) is 22.4. The fourth-order valence-corrected chi connectivity index (χ4v) is 22.4. The first kappa shape index (κ1) is 65.7. The van der Waals surface area contributed by atoms with Crippen molar-refractivity contribution in [2.75, 3.05) is 65.7 Å². The normalized spacial score (nSPS) is 56.0. The summed E-state index contributed by atoms with van der Waals surface area (Å²) in [7, 11) is 0. The van der Waals surface area contributed by atoms with Crippen LogP contribution in [0.15, 0.2) is 0 Å². The van der Waals surface area contributed by atoms with E-state index in [1.165, 1.54) is 0 Å². The van der Waals surface area contributed by atoms with E-state index in [1.807, 2.05) is 27.7 Å². The summed E-state index contributed by atoms with van der Waals surface area (Å²) in [6.45, 7) is 32.0. The molecular weight excluding hydrogens is 1190 g/mol. The van der Waals surface area contributed by atoms with Crippen LogP contribution in [0.2, 0.25) is 0 Å². The third-order valence-electron chi connectivity index (χ3n) is 27.9. The second-order valence-electron chi connectivity index (χ2n) is 33.3. The van der Waals surface area contributed by atoms with Gasteiger partial charge in [0.2, 0.25) is 23.1 Å². The van der Waals surface area contributed by atoms with Gasteiger partial charge in [-0.3, -0.25) is 9.80 Å². The molecule has 522 valence electrons. The summed E-state index contributed by atoms with van der Waals surface area (Å²) in [6, 6.07) is 0. The molecule has 22 nitrogen and oxygen atoms in total. The van der Waals surface area contributed by atoms with Crippen molar-refractivity contribution in [2.24, 2.45) is 94.7 Å².